The fraction of sp³-hybridized carbons (Fsp3) is 0.278. The molecule has 0 unspecified atom stereocenters. The molecule has 1 aliphatic heterocycles. The Labute approximate surface area is 140 Å². The van der Waals surface area contributed by atoms with Crippen LogP contribution in [0.4, 0.5) is 16.0 Å². The molecule has 0 atom stereocenters. The molecule has 1 aromatic carbocycles. The lowest BCUT2D eigenvalue weighted by molar-refractivity contribution is -0.114. The molecule has 0 aliphatic carbocycles. The zero-order valence-electron chi connectivity index (χ0n) is 13.4. The quantitative estimate of drug-likeness (QED) is 0.793. The highest BCUT2D eigenvalue weighted by Gasteiger charge is 2.17. The third-order valence-corrected chi connectivity index (χ3v) is 4.00. The minimum Gasteiger partial charge on any atom is -0.341 e. The summed E-state index contributed by atoms with van der Waals surface area (Å²) in [5.74, 6) is 0.118. The summed E-state index contributed by atoms with van der Waals surface area (Å²) < 4.78 is 13.1. The number of carbonyl (C=O) groups excluding carboxylic acids is 1. The molecule has 1 aliphatic rings. The molecular formula is C18H19FN4O. The number of rotatable bonds is 5. The molecule has 3 rings (SSSR count). The predicted molar refractivity (Wildman–Crippen MR) is 91.3 cm³/mol. The van der Waals surface area contributed by atoms with Gasteiger partial charge in [-0.05, 0) is 43.2 Å². The van der Waals surface area contributed by atoms with E-state index in [2.05, 4.69) is 21.4 Å². The molecule has 1 fully saturated rings. The van der Waals surface area contributed by atoms with Gasteiger partial charge in [-0.15, -0.1) is 0 Å². The lowest BCUT2D eigenvalue weighted by Crippen LogP contribution is -2.29. The molecular weight excluding hydrogens is 307 g/mol. The number of nitrogens with zero attached hydrogens (tertiary/aromatic N) is 4. The third kappa shape index (κ3) is 3.59. The van der Waals surface area contributed by atoms with Gasteiger partial charge in [0, 0.05) is 36.7 Å². The van der Waals surface area contributed by atoms with Crippen molar-refractivity contribution in [1.29, 1.82) is 0 Å². The maximum Gasteiger partial charge on any atom is 0.250 e. The van der Waals surface area contributed by atoms with Crippen molar-refractivity contribution in [3.05, 3.63) is 60.7 Å². The van der Waals surface area contributed by atoms with Crippen LogP contribution in [0.3, 0.4) is 0 Å². The summed E-state index contributed by atoms with van der Waals surface area (Å²) in [6.07, 6.45) is 7.03. The lowest BCUT2D eigenvalue weighted by atomic mass is 10.2. The van der Waals surface area contributed by atoms with Crippen LogP contribution in [0.15, 0.2) is 49.3 Å². The molecule has 6 heteroatoms. The number of hydrogen-bond acceptors (Lipinski definition) is 4. The Morgan fingerprint density at radius 2 is 1.83 bits per heavy atom. The van der Waals surface area contributed by atoms with Crippen LogP contribution in [0.2, 0.25) is 0 Å². The topological polar surface area (TPSA) is 49.3 Å². The molecule has 124 valence electrons. The van der Waals surface area contributed by atoms with Gasteiger partial charge in [0.15, 0.2) is 0 Å². The Balaban J connectivity index is 1.78. The van der Waals surface area contributed by atoms with Crippen molar-refractivity contribution in [2.45, 2.75) is 19.4 Å². The van der Waals surface area contributed by atoms with E-state index in [-0.39, 0.29) is 11.7 Å². The molecule has 0 spiro atoms. The van der Waals surface area contributed by atoms with Crippen LogP contribution in [-0.4, -0.2) is 29.0 Å². The van der Waals surface area contributed by atoms with Crippen LogP contribution >= 0.6 is 0 Å². The van der Waals surface area contributed by atoms with Crippen LogP contribution in [0.1, 0.15) is 18.4 Å². The largest absolute Gasteiger partial charge is 0.341 e. The van der Waals surface area contributed by atoms with E-state index in [0.29, 0.717) is 12.2 Å². The van der Waals surface area contributed by atoms with E-state index in [1.165, 1.54) is 23.1 Å². The van der Waals surface area contributed by atoms with Gasteiger partial charge in [-0.1, -0.05) is 6.58 Å². The fourth-order valence-corrected chi connectivity index (χ4v) is 2.72. The summed E-state index contributed by atoms with van der Waals surface area (Å²) in [5, 5.41) is 0. The molecule has 1 aromatic heterocycles. The van der Waals surface area contributed by atoms with Gasteiger partial charge in [0.2, 0.25) is 5.95 Å². The SMILES string of the molecule is C=CC(=O)N(Cc1cnc(N2CCCC2)nc1)c1ccc(F)cc1. The number of hydrogen-bond donors (Lipinski definition) is 0. The van der Waals surface area contributed by atoms with E-state index in [9.17, 15) is 9.18 Å². The van der Waals surface area contributed by atoms with Crippen molar-refractivity contribution in [3.8, 4) is 0 Å². The first-order chi connectivity index (χ1) is 11.7. The van der Waals surface area contributed by atoms with Crippen LogP contribution < -0.4 is 9.80 Å². The summed E-state index contributed by atoms with van der Waals surface area (Å²) in [5.41, 5.74) is 1.40. The van der Waals surface area contributed by atoms with Crippen LogP contribution in [0, 0.1) is 5.82 Å². The minimum atomic E-state index is -0.344. The average Bonchev–Trinajstić information content (AvgIpc) is 3.15. The molecule has 0 N–H and O–H groups in total. The Morgan fingerprint density at radius 1 is 1.21 bits per heavy atom. The summed E-state index contributed by atoms with van der Waals surface area (Å²) in [6.45, 7) is 5.80. The second kappa shape index (κ2) is 7.21. The number of benzene rings is 1. The normalized spacial score (nSPS) is 13.8. The van der Waals surface area contributed by atoms with Crippen molar-refractivity contribution in [1.82, 2.24) is 9.97 Å². The summed E-state index contributed by atoms with van der Waals surface area (Å²) in [4.78, 5) is 24.6. The van der Waals surface area contributed by atoms with Crippen molar-refractivity contribution in [2.75, 3.05) is 22.9 Å². The molecule has 5 nitrogen and oxygen atoms in total. The first-order valence-corrected chi connectivity index (χ1v) is 7.93. The van der Waals surface area contributed by atoms with E-state index >= 15 is 0 Å². The van der Waals surface area contributed by atoms with Gasteiger partial charge in [-0.2, -0.15) is 0 Å². The number of anilines is 2. The third-order valence-electron chi connectivity index (χ3n) is 4.00. The first-order valence-electron chi connectivity index (χ1n) is 7.93. The molecule has 0 radical (unpaired) electrons. The Bertz CT molecular complexity index is 709. The number of aromatic nitrogens is 2. The van der Waals surface area contributed by atoms with Crippen LogP contribution in [0.25, 0.3) is 0 Å². The molecule has 1 saturated heterocycles. The smallest absolute Gasteiger partial charge is 0.250 e. The van der Waals surface area contributed by atoms with Crippen LogP contribution in [-0.2, 0) is 11.3 Å². The first kappa shape index (κ1) is 16.1. The standard InChI is InChI=1S/C18H19FN4O/c1-2-17(24)23(16-7-5-15(19)6-8-16)13-14-11-20-18(21-12-14)22-9-3-4-10-22/h2,5-8,11-12H,1,3-4,9-10,13H2. The number of amides is 1. The Hall–Kier alpha value is -2.76. The lowest BCUT2D eigenvalue weighted by Gasteiger charge is -2.21. The van der Waals surface area contributed by atoms with E-state index in [1.807, 2.05) is 0 Å². The summed E-state index contributed by atoms with van der Waals surface area (Å²) in [6, 6.07) is 5.78. The van der Waals surface area contributed by atoms with Gasteiger partial charge < -0.3 is 9.80 Å². The zero-order valence-corrected chi connectivity index (χ0v) is 13.4. The molecule has 1 amide bonds. The van der Waals surface area contributed by atoms with Crippen molar-refractivity contribution >= 4 is 17.5 Å². The van der Waals surface area contributed by atoms with E-state index in [4.69, 9.17) is 0 Å². The summed E-state index contributed by atoms with van der Waals surface area (Å²) >= 11 is 0. The van der Waals surface area contributed by atoms with Gasteiger partial charge in [0.25, 0.3) is 5.91 Å². The predicted octanol–water partition coefficient (Wildman–Crippen LogP) is 2.94. The van der Waals surface area contributed by atoms with Crippen molar-refractivity contribution < 1.29 is 9.18 Å². The van der Waals surface area contributed by atoms with E-state index in [1.54, 1.807) is 24.5 Å². The van der Waals surface area contributed by atoms with Crippen LogP contribution in [0.5, 0.6) is 0 Å². The van der Waals surface area contributed by atoms with Gasteiger partial charge >= 0.3 is 0 Å². The monoisotopic (exact) mass is 326 g/mol. The van der Waals surface area contributed by atoms with Gasteiger partial charge in [0.05, 0.1) is 6.54 Å². The van der Waals surface area contributed by atoms with E-state index < -0.39 is 0 Å². The Kier molecular flexibility index (Phi) is 4.84. The van der Waals surface area contributed by atoms with Crippen molar-refractivity contribution in [2.24, 2.45) is 0 Å². The fourth-order valence-electron chi connectivity index (χ4n) is 2.72. The van der Waals surface area contributed by atoms with E-state index in [0.717, 1.165) is 37.4 Å². The second-order valence-electron chi connectivity index (χ2n) is 5.69. The molecule has 0 saturated carbocycles. The van der Waals surface area contributed by atoms with Gasteiger partial charge in [-0.25, -0.2) is 14.4 Å². The zero-order chi connectivity index (χ0) is 16.9. The molecule has 0 bridgehead atoms. The van der Waals surface area contributed by atoms with Gasteiger partial charge in [-0.3, -0.25) is 4.79 Å². The maximum atomic E-state index is 13.1. The Morgan fingerprint density at radius 3 is 2.42 bits per heavy atom. The summed E-state index contributed by atoms with van der Waals surface area (Å²) in [7, 11) is 0. The minimum absolute atomic E-state index is 0.259. The number of carbonyl (C=O) groups is 1. The molecule has 2 heterocycles. The highest BCUT2D eigenvalue weighted by molar-refractivity contribution is 6.00. The number of halogens is 1. The average molecular weight is 326 g/mol. The maximum absolute atomic E-state index is 13.1. The van der Waals surface area contributed by atoms with Crippen molar-refractivity contribution in [3.63, 3.8) is 0 Å². The van der Waals surface area contributed by atoms with Gasteiger partial charge in [0.1, 0.15) is 5.82 Å². The molecule has 2 aromatic rings. The molecule has 24 heavy (non-hydrogen) atoms. The second-order valence-corrected chi connectivity index (χ2v) is 5.69. The highest BCUT2D eigenvalue weighted by Crippen LogP contribution is 2.19. The highest BCUT2D eigenvalue weighted by atomic mass is 19.1.